The van der Waals surface area contributed by atoms with Gasteiger partial charge >= 0.3 is 0 Å². The van der Waals surface area contributed by atoms with Gasteiger partial charge in [-0.15, -0.1) is 0 Å². The van der Waals surface area contributed by atoms with Gasteiger partial charge in [0.1, 0.15) is 0 Å². The Labute approximate surface area is 274 Å². The van der Waals surface area contributed by atoms with Crippen LogP contribution in [0.15, 0.2) is 127 Å². The van der Waals surface area contributed by atoms with Crippen LogP contribution in [0.1, 0.15) is 45.9 Å². The predicted octanol–water partition coefficient (Wildman–Crippen LogP) is 12.4. The second-order valence-corrected chi connectivity index (χ2v) is 13.1. The summed E-state index contributed by atoms with van der Waals surface area (Å²) in [7, 11) is 0. The zero-order valence-corrected chi connectivity index (χ0v) is 27.9. The van der Waals surface area contributed by atoms with Crippen LogP contribution < -0.4 is 9.80 Å². The van der Waals surface area contributed by atoms with Gasteiger partial charge in [-0.25, -0.2) is 0 Å². The summed E-state index contributed by atoms with van der Waals surface area (Å²) in [5, 5.41) is 2.53. The van der Waals surface area contributed by atoms with Gasteiger partial charge in [0.25, 0.3) is 0 Å². The number of allylic oxidation sites excluding steroid dienone is 2. The molecule has 0 amide bonds. The first-order valence-electron chi connectivity index (χ1n) is 16.4. The van der Waals surface area contributed by atoms with Crippen molar-refractivity contribution < 1.29 is 0 Å². The van der Waals surface area contributed by atoms with Crippen LogP contribution in [0.5, 0.6) is 0 Å². The standard InChI is InChI=1S/C44H42N2/c1-29-7-17-35(18-8-29)45(36-19-9-30(2)10-20-36)43-39-25-15-33(5)27-41(39)44(42-28-34(6)16-26-40(42)43)46(37-21-11-31(3)12-22-37)38-23-13-32(4)14-24-38/h7-25,27H,26,28H2,1-6H3. The molecule has 0 atom stereocenters. The van der Waals surface area contributed by atoms with Crippen molar-refractivity contribution in [1.82, 2.24) is 0 Å². The lowest BCUT2D eigenvalue weighted by Crippen LogP contribution is -2.20. The van der Waals surface area contributed by atoms with E-state index in [1.165, 1.54) is 89.4 Å². The molecular weight excluding hydrogens is 556 g/mol. The number of aryl methyl sites for hydroxylation is 5. The molecule has 0 aromatic heterocycles. The maximum absolute atomic E-state index is 2.50. The van der Waals surface area contributed by atoms with Crippen molar-refractivity contribution in [3.05, 3.63) is 166 Å². The minimum Gasteiger partial charge on any atom is -0.310 e. The van der Waals surface area contributed by atoms with Crippen molar-refractivity contribution in [2.45, 2.75) is 54.4 Å². The number of hydrogen-bond acceptors (Lipinski definition) is 2. The zero-order chi connectivity index (χ0) is 31.9. The fourth-order valence-electron chi connectivity index (χ4n) is 6.81. The van der Waals surface area contributed by atoms with E-state index >= 15 is 0 Å². The minimum atomic E-state index is 0.886. The van der Waals surface area contributed by atoms with Gasteiger partial charge in [0.2, 0.25) is 0 Å². The molecule has 6 aromatic rings. The number of nitrogens with zero attached hydrogens (tertiary/aromatic N) is 2. The van der Waals surface area contributed by atoms with Crippen molar-refractivity contribution in [3.8, 4) is 0 Å². The van der Waals surface area contributed by atoms with Gasteiger partial charge in [-0.3, -0.25) is 0 Å². The Bertz CT molecular complexity index is 1970. The number of rotatable bonds is 6. The summed E-state index contributed by atoms with van der Waals surface area (Å²) in [6, 6.07) is 43.0. The molecule has 0 unspecified atom stereocenters. The van der Waals surface area contributed by atoms with Crippen LogP contribution in [0.4, 0.5) is 34.1 Å². The summed E-state index contributed by atoms with van der Waals surface area (Å²) in [6.07, 6.45) is 4.22. The molecule has 0 bridgehead atoms. The zero-order valence-electron chi connectivity index (χ0n) is 27.9. The number of anilines is 6. The normalized spacial score (nSPS) is 12.5. The third-order valence-corrected chi connectivity index (χ3v) is 9.35. The smallest absolute Gasteiger partial charge is 0.0579 e. The second kappa shape index (κ2) is 12.0. The van der Waals surface area contributed by atoms with E-state index < -0.39 is 0 Å². The Morgan fingerprint density at radius 3 is 1.17 bits per heavy atom. The molecule has 46 heavy (non-hydrogen) atoms. The largest absolute Gasteiger partial charge is 0.310 e. The van der Waals surface area contributed by atoms with Crippen molar-refractivity contribution in [1.29, 1.82) is 0 Å². The van der Waals surface area contributed by atoms with Crippen LogP contribution in [0.2, 0.25) is 0 Å². The summed E-state index contributed by atoms with van der Waals surface area (Å²) in [5.41, 5.74) is 17.8. The second-order valence-electron chi connectivity index (χ2n) is 13.1. The predicted molar refractivity (Wildman–Crippen MR) is 198 cm³/mol. The van der Waals surface area contributed by atoms with Crippen molar-refractivity contribution in [2.24, 2.45) is 0 Å². The van der Waals surface area contributed by atoms with Gasteiger partial charge in [0.05, 0.1) is 11.4 Å². The Morgan fingerprint density at radius 1 is 0.391 bits per heavy atom. The van der Waals surface area contributed by atoms with Gasteiger partial charge in [-0.05, 0) is 120 Å². The number of hydrogen-bond donors (Lipinski definition) is 0. The van der Waals surface area contributed by atoms with Crippen molar-refractivity contribution in [2.75, 3.05) is 9.80 Å². The highest BCUT2D eigenvalue weighted by molar-refractivity contribution is 6.10. The summed E-state index contributed by atoms with van der Waals surface area (Å²) >= 11 is 0. The van der Waals surface area contributed by atoms with Gasteiger partial charge in [0.15, 0.2) is 0 Å². The van der Waals surface area contributed by atoms with Crippen LogP contribution >= 0.6 is 0 Å². The molecule has 0 radical (unpaired) electrons. The Hall–Kier alpha value is -5.08. The third kappa shape index (κ3) is 5.49. The van der Waals surface area contributed by atoms with Gasteiger partial charge in [-0.2, -0.15) is 0 Å². The Morgan fingerprint density at radius 2 is 0.761 bits per heavy atom. The number of benzene rings is 6. The quantitative estimate of drug-likeness (QED) is 0.139. The first-order chi connectivity index (χ1) is 22.3. The third-order valence-electron chi connectivity index (χ3n) is 9.35. The molecule has 0 spiro atoms. The van der Waals surface area contributed by atoms with Crippen LogP contribution in [0, 0.1) is 34.6 Å². The summed E-state index contributed by atoms with van der Waals surface area (Å²) in [6.45, 7) is 13.1. The topological polar surface area (TPSA) is 6.48 Å². The van der Waals surface area contributed by atoms with E-state index in [0.29, 0.717) is 0 Å². The minimum absolute atomic E-state index is 0.886. The monoisotopic (exact) mass is 598 g/mol. The molecule has 0 N–H and O–H groups in total. The summed E-state index contributed by atoms with van der Waals surface area (Å²) < 4.78 is 0. The van der Waals surface area contributed by atoms with Gasteiger partial charge in [0, 0.05) is 33.5 Å². The van der Waals surface area contributed by atoms with Gasteiger partial charge < -0.3 is 9.80 Å². The number of fused-ring (bicyclic) bond motifs is 2. The molecule has 1 aliphatic rings. The average molecular weight is 599 g/mol. The SMILES string of the molecule is CC1=CCc2c(c(N(c3ccc(C)cc3)c3ccc(C)cc3)c3cc(C)ccc3c2N(c2ccc(C)cc2)c2ccc(C)cc2)C1. The van der Waals surface area contributed by atoms with E-state index in [-0.39, 0.29) is 0 Å². The molecule has 0 saturated carbocycles. The van der Waals surface area contributed by atoms with E-state index in [2.05, 4.69) is 173 Å². The summed E-state index contributed by atoms with van der Waals surface area (Å²) in [5.74, 6) is 0. The lowest BCUT2D eigenvalue weighted by Gasteiger charge is -2.36. The van der Waals surface area contributed by atoms with Crippen molar-refractivity contribution >= 4 is 44.9 Å². The molecule has 7 rings (SSSR count). The van der Waals surface area contributed by atoms with Crippen LogP contribution in [-0.4, -0.2) is 0 Å². The Kier molecular flexibility index (Phi) is 7.74. The van der Waals surface area contributed by atoms with Gasteiger partial charge in [-0.1, -0.05) is 100 Å². The highest BCUT2D eigenvalue weighted by Gasteiger charge is 2.30. The van der Waals surface area contributed by atoms with E-state index in [1.807, 2.05) is 0 Å². The molecular formula is C44H42N2. The lowest BCUT2D eigenvalue weighted by atomic mass is 9.84. The summed E-state index contributed by atoms with van der Waals surface area (Å²) in [4.78, 5) is 5.00. The van der Waals surface area contributed by atoms with E-state index in [0.717, 1.165) is 12.8 Å². The molecule has 0 saturated heterocycles. The van der Waals surface area contributed by atoms with E-state index in [4.69, 9.17) is 0 Å². The molecule has 0 aliphatic heterocycles. The van der Waals surface area contributed by atoms with E-state index in [1.54, 1.807) is 0 Å². The molecule has 6 aromatic carbocycles. The first kappa shape index (κ1) is 29.6. The molecule has 1 aliphatic carbocycles. The maximum atomic E-state index is 2.50. The average Bonchev–Trinajstić information content (AvgIpc) is 3.05. The fraction of sp³-hybridized carbons (Fsp3) is 0.182. The molecule has 228 valence electrons. The van der Waals surface area contributed by atoms with Crippen LogP contribution in [-0.2, 0) is 12.8 Å². The van der Waals surface area contributed by atoms with Crippen molar-refractivity contribution in [3.63, 3.8) is 0 Å². The maximum Gasteiger partial charge on any atom is 0.0579 e. The first-order valence-corrected chi connectivity index (χ1v) is 16.4. The molecule has 2 heteroatoms. The lowest BCUT2D eigenvalue weighted by molar-refractivity contribution is 1.01. The van der Waals surface area contributed by atoms with Crippen LogP contribution in [0.25, 0.3) is 10.8 Å². The Balaban J connectivity index is 1.61. The highest BCUT2D eigenvalue weighted by Crippen LogP contribution is 2.51. The molecule has 0 heterocycles. The molecule has 0 fully saturated rings. The van der Waals surface area contributed by atoms with E-state index in [9.17, 15) is 0 Å². The van der Waals surface area contributed by atoms with Crippen LogP contribution in [0.3, 0.4) is 0 Å². The highest BCUT2D eigenvalue weighted by atomic mass is 15.2. The fourth-order valence-corrected chi connectivity index (χ4v) is 6.81. The molecule has 2 nitrogen and oxygen atoms in total.